The first-order chi connectivity index (χ1) is 8.66. The highest BCUT2D eigenvalue weighted by Crippen LogP contribution is 2.20. The second kappa shape index (κ2) is 5.96. The molecule has 0 radical (unpaired) electrons. The van der Waals surface area contributed by atoms with Crippen molar-refractivity contribution in [2.45, 2.75) is 33.1 Å². The van der Waals surface area contributed by atoms with E-state index in [1.807, 2.05) is 19.9 Å². The smallest absolute Gasteiger partial charge is 0.227 e. The van der Waals surface area contributed by atoms with Gasteiger partial charge in [0.2, 0.25) is 5.91 Å². The van der Waals surface area contributed by atoms with E-state index in [0.29, 0.717) is 6.61 Å². The first-order valence-electron chi connectivity index (χ1n) is 6.48. The van der Waals surface area contributed by atoms with Gasteiger partial charge < -0.3 is 10.1 Å². The number of ether oxygens (including phenoxy) is 1. The van der Waals surface area contributed by atoms with Crippen molar-refractivity contribution in [3.63, 3.8) is 0 Å². The molecule has 1 saturated heterocycles. The first-order valence-corrected chi connectivity index (χ1v) is 6.48. The fourth-order valence-electron chi connectivity index (χ4n) is 2.16. The van der Waals surface area contributed by atoms with Crippen molar-refractivity contribution in [1.82, 2.24) is 4.98 Å². The van der Waals surface area contributed by atoms with E-state index in [1.54, 1.807) is 6.20 Å². The highest BCUT2D eigenvalue weighted by molar-refractivity contribution is 5.93. The Kier molecular flexibility index (Phi) is 4.31. The van der Waals surface area contributed by atoms with Crippen LogP contribution in [-0.4, -0.2) is 24.1 Å². The number of amides is 1. The van der Waals surface area contributed by atoms with Crippen molar-refractivity contribution >= 4 is 11.6 Å². The van der Waals surface area contributed by atoms with Gasteiger partial charge in [0.05, 0.1) is 0 Å². The summed E-state index contributed by atoms with van der Waals surface area (Å²) < 4.78 is 5.38. The zero-order chi connectivity index (χ0) is 13.0. The number of anilines is 1. The number of nitrogens with one attached hydrogen (secondary N) is 1. The predicted octanol–water partition coefficient (Wildman–Crippen LogP) is 2.45. The van der Waals surface area contributed by atoms with Crippen LogP contribution in [0.25, 0.3) is 0 Å². The molecular formula is C14H20N2O2. The quantitative estimate of drug-likeness (QED) is 0.874. The molecule has 1 amide bonds. The van der Waals surface area contributed by atoms with Gasteiger partial charge in [0, 0.05) is 36.7 Å². The monoisotopic (exact) mass is 248 g/mol. The van der Waals surface area contributed by atoms with Gasteiger partial charge in [0.1, 0.15) is 0 Å². The largest absolute Gasteiger partial charge is 0.381 e. The molecule has 0 bridgehead atoms. The molecular weight excluding hydrogens is 228 g/mol. The number of pyridine rings is 1. The van der Waals surface area contributed by atoms with Crippen molar-refractivity contribution < 1.29 is 9.53 Å². The molecule has 18 heavy (non-hydrogen) atoms. The van der Waals surface area contributed by atoms with Gasteiger partial charge in [0.25, 0.3) is 0 Å². The van der Waals surface area contributed by atoms with Crippen LogP contribution < -0.4 is 5.32 Å². The van der Waals surface area contributed by atoms with Crippen molar-refractivity contribution in [1.29, 1.82) is 0 Å². The molecule has 4 heteroatoms. The molecule has 1 aliphatic rings. The van der Waals surface area contributed by atoms with E-state index in [0.717, 1.165) is 42.8 Å². The molecule has 4 nitrogen and oxygen atoms in total. The van der Waals surface area contributed by atoms with E-state index in [1.165, 1.54) is 0 Å². The SMILES string of the molecule is Cc1cc(NC(=O)C2CCCOCC2)c(C)cn1. The fourth-order valence-corrected chi connectivity index (χ4v) is 2.16. The molecule has 0 aromatic carbocycles. The molecule has 0 aliphatic carbocycles. The number of carbonyl (C=O) groups is 1. The third-order valence-electron chi connectivity index (χ3n) is 3.32. The van der Waals surface area contributed by atoms with Crippen molar-refractivity contribution in [2.75, 3.05) is 18.5 Å². The number of rotatable bonds is 2. The van der Waals surface area contributed by atoms with E-state index >= 15 is 0 Å². The summed E-state index contributed by atoms with van der Waals surface area (Å²) >= 11 is 0. The summed E-state index contributed by atoms with van der Waals surface area (Å²) in [4.78, 5) is 16.4. The van der Waals surface area contributed by atoms with E-state index < -0.39 is 0 Å². The van der Waals surface area contributed by atoms with Crippen LogP contribution in [0.15, 0.2) is 12.3 Å². The molecule has 1 N–H and O–H groups in total. The molecule has 1 aromatic heterocycles. The zero-order valence-corrected chi connectivity index (χ0v) is 11.0. The Morgan fingerprint density at radius 1 is 1.39 bits per heavy atom. The molecule has 2 heterocycles. The number of nitrogens with zero attached hydrogens (tertiary/aromatic N) is 1. The minimum Gasteiger partial charge on any atom is -0.381 e. The fraction of sp³-hybridized carbons (Fsp3) is 0.571. The van der Waals surface area contributed by atoms with Gasteiger partial charge in [-0.3, -0.25) is 9.78 Å². The van der Waals surface area contributed by atoms with Crippen LogP contribution in [0.5, 0.6) is 0 Å². The minimum atomic E-state index is 0.0698. The van der Waals surface area contributed by atoms with Gasteiger partial charge in [-0.05, 0) is 44.7 Å². The van der Waals surface area contributed by atoms with Gasteiger partial charge in [-0.1, -0.05) is 0 Å². The van der Waals surface area contributed by atoms with Crippen LogP contribution in [0.2, 0.25) is 0 Å². The summed E-state index contributed by atoms with van der Waals surface area (Å²) in [5.41, 5.74) is 2.79. The Morgan fingerprint density at radius 3 is 3.06 bits per heavy atom. The van der Waals surface area contributed by atoms with Crippen molar-refractivity contribution in [3.05, 3.63) is 23.5 Å². The van der Waals surface area contributed by atoms with Gasteiger partial charge >= 0.3 is 0 Å². The van der Waals surface area contributed by atoms with Gasteiger partial charge in [-0.15, -0.1) is 0 Å². The predicted molar refractivity (Wildman–Crippen MR) is 70.5 cm³/mol. The van der Waals surface area contributed by atoms with E-state index in [2.05, 4.69) is 10.3 Å². The maximum absolute atomic E-state index is 12.2. The van der Waals surface area contributed by atoms with Crippen LogP contribution >= 0.6 is 0 Å². The second-order valence-electron chi connectivity index (χ2n) is 4.87. The maximum Gasteiger partial charge on any atom is 0.227 e. The summed E-state index contributed by atoms with van der Waals surface area (Å²) in [5.74, 6) is 0.176. The Morgan fingerprint density at radius 2 is 2.22 bits per heavy atom. The minimum absolute atomic E-state index is 0.0698. The number of aryl methyl sites for hydroxylation is 2. The summed E-state index contributed by atoms with van der Waals surface area (Å²) in [7, 11) is 0. The second-order valence-corrected chi connectivity index (χ2v) is 4.87. The standard InChI is InChI=1S/C14H20N2O2/c1-10-9-15-11(2)8-13(10)16-14(17)12-4-3-6-18-7-5-12/h8-9,12H,3-7H2,1-2H3,(H,15,16,17). The number of carbonyl (C=O) groups excluding carboxylic acids is 1. The van der Waals surface area contributed by atoms with Crippen LogP contribution in [0.4, 0.5) is 5.69 Å². The number of aromatic nitrogens is 1. The summed E-state index contributed by atoms with van der Waals surface area (Å²) in [6, 6.07) is 1.92. The van der Waals surface area contributed by atoms with Gasteiger partial charge in [-0.25, -0.2) is 0 Å². The van der Waals surface area contributed by atoms with Crippen LogP contribution in [-0.2, 0) is 9.53 Å². The third-order valence-corrected chi connectivity index (χ3v) is 3.32. The van der Waals surface area contributed by atoms with Crippen molar-refractivity contribution in [2.24, 2.45) is 5.92 Å². The number of hydrogen-bond donors (Lipinski definition) is 1. The molecule has 98 valence electrons. The topological polar surface area (TPSA) is 51.2 Å². The summed E-state index contributed by atoms with van der Waals surface area (Å²) in [6.45, 7) is 5.34. The molecule has 0 saturated carbocycles. The summed E-state index contributed by atoms with van der Waals surface area (Å²) in [6.07, 6.45) is 4.48. The number of hydrogen-bond acceptors (Lipinski definition) is 3. The third kappa shape index (κ3) is 3.29. The lowest BCUT2D eigenvalue weighted by atomic mass is 9.99. The Bertz CT molecular complexity index is 424. The van der Waals surface area contributed by atoms with Gasteiger partial charge in [-0.2, -0.15) is 0 Å². The zero-order valence-electron chi connectivity index (χ0n) is 11.0. The normalized spacial score (nSPS) is 20.2. The molecule has 1 fully saturated rings. The van der Waals surface area contributed by atoms with Gasteiger partial charge in [0.15, 0.2) is 0 Å². The van der Waals surface area contributed by atoms with E-state index in [9.17, 15) is 4.79 Å². The Balaban J connectivity index is 2.03. The molecule has 1 atom stereocenters. The van der Waals surface area contributed by atoms with E-state index in [4.69, 9.17) is 4.74 Å². The first kappa shape index (κ1) is 13.0. The Hall–Kier alpha value is -1.42. The molecule has 1 aromatic rings. The molecule has 1 aliphatic heterocycles. The van der Waals surface area contributed by atoms with Crippen LogP contribution in [0.3, 0.4) is 0 Å². The Labute approximate surface area is 108 Å². The lowest BCUT2D eigenvalue weighted by molar-refractivity contribution is -0.120. The van der Waals surface area contributed by atoms with Crippen LogP contribution in [0, 0.1) is 19.8 Å². The van der Waals surface area contributed by atoms with Crippen molar-refractivity contribution in [3.8, 4) is 0 Å². The summed E-state index contributed by atoms with van der Waals surface area (Å²) in [5, 5.41) is 3.01. The average molecular weight is 248 g/mol. The lowest BCUT2D eigenvalue weighted by Crippen LogP contribution is -2.23. The lowest BCUT2D eigenvalue weighted by Gasteiger charge is -2.15. The highest BCUT2D eigenvalue weighted by atomic mass is 16.5. The maximum atomic E-state index is 12.2. The molecule has 1 unspecified atom stereocenters. The molecule has 0 spiro atoms. The van der Waals surface area contributed by atoms with E-state index in [-0.39, 0.29) is 11.8 Å². The average Bonchev–Trinajstić information content (AvgIpc) is 2.62. The van der Waals surface area contributed by atoms with Crippen LogP contribution in [0.1, 0.15) is 30.5 Å². The highest BCUT2D eigenvalue weighted by Gasteiger charge is 2.20. The molecule has 2 rings (SSSR count).